The standard InChI is InChI=1S/C13H22N2O4/c1-5-18-11(16)10(9-14)7-6-8-15-12(17)19-13(2,3)4/h10H,5-8H2,1-4H3,(H,15,17). The fraction of sp³-hybridized carbons (Fsp3) is 0.769. The Bertz CT molecular complexity index is 342. The first-order chi connectivity index (χ1) is 8.80. The zero-order chi connectivity index (χ0) is 14.9. The number of amides is 1. The summed E-state index contributed by atoms with van der Waals surface area (Å²) in [6.45, 7) is 7.63. The molecule has 6 heteroatoms. The fourth-order valence-electron chi connectivity index (χ4n) is 1.29. The molecule has 0 radical (unpaired) electrons. The summed E-state index contributed by atoms with van der Waals surface area (Å²) in [5, 5.41) is 11.4. The number of ether oxygens (including phenoxy) is 2. The third-order valence-electron chi connectivity index (χ3n) is 2.06. The molecule has 6 nitrogen and oxygen atoms in total. The molecule has 0 aliphatic heterocycles. The lowest BCUT2D eigenvalue weighted by molar-refractivity contribution is -0.146. The van der Waals surface area contributed by atoms with Gasteiger partial charge in [-0.3, -0.25) is 4.79 Å². The van der Waals surface area contributed by atoms with E-state index in [0.29, 0.717) is 19.4 Å². The molecular formula is C13H22N2O4. The van der Waals surface area contributed by atoms with E-state index in [4.69, 9.17) is 14.7 Å². The Morgan fingerprint density at radius 2 is 2.00 bits per heavy atom. The van der Waals surface area contributed by atoms with Gasteiger partial charge >= 0.3 is 12.1 Å². The highest BCUT2D eigenvalue weighted by molar-refractivity contribution is 5.75. The summed E-state index contributed by atoms with van der Waals surface area (Å²) in [7, 11) is 0. The first kappa shape index (κ1) is 17.2. The van der Waals surface area contributed by atoms with Gasteiger partial charge < -0.3 is 14.8 Å². The minimum Gasteiger partial charge on any atom is -0.465 e. The van der Waals surface area contributed by atoms with E-state index >= 15 is 0 Å². The third-order valence-corrected chi connectivity index (χ3v) is 2.06. The number of nitriles is 1. The van der Waals surface area contributed by atoms with Crippen LogP contribution in [-0.4, -0.2) is 30.8 Å². The fourth-order valence-corrected chi connectivity index (χ4v) is 1.29. The lowest BCUT2D eigenvalue weighted by Gasteiger charge is -2.19. The summed E-state index contributed by atoms with van der Waals surface area (Å²) in [5.41, 5.74) is -0.537. The van der Waals surface area contributed by atoms with Crippen molar-refractivity contribution < 1.29 is 19.1 Å². The smallest absolute Gasteiger partial charge is 0.407 e. The van der Waals surface area contributed by atoms with Gasteiger partial charge in [0.2, 0.25) is 0 Å². The molecule has 0 spiro atoms. The van der Waals surface area contributed by atoms with Crippen LogP contribution in [-0.2, 0) is 14.3 Å². The minimum atomic E-state index is -0.777. The van der Waals surface area contributed by atoms with Crippen molar-refractivity contribution in [2.75, 3.05) is 13.2 Å². The van der Waals surface area contributed by atoms with Gasteiger partial charge in [-0.15, -0.1) is 0 Å². The monoisotopic (exact) mass is 270 g/mol. The van der Waals surface area contributed by atoms with Crippen LogP contribution in [0.25, 0.3) is 0 Å². The van der Waals surface area contributed by atoms with E-state index < -0.39 is 23.6 Å². The Hall–Kier alpha value is -1.77. The van der Waals surface area contributed by atoms with Crippen molar-refractivity contribution >= 4 is 12.1 Å². The summed E-state index contributed by atoms with van der Waals surface area (Å²) in [6, 6.07) is 1.89. The van der Waals surface area contributed by atoms with E-state index in [1.54, 1.807) is 27.7 Å². The van der Waals surface area contributed by atoms with Gasteiger partial charge in [0.05, 0.1) is 12.7 Å². The predicted molar refractivity (Wildman–Crippen MR) is 69.2 cm³/mol. The second-order valence-electron chi connectivity index (χ2n) is 5.00. The molecule has 0 aromatic rings. The van der Waals surface area contributed by atoms with Crippen molar-refractivity contribution in [3.8, 4) is 6.07 Å². The van der Waals surface area contributed by atoms with Gasteiger partial charge in [-0.05, 0) is 40.5 Å². The minimum absolute atomic E-state index is 0.257. The Labute approximate surface area is 114 Å². The number of nitrogens with one attached hydrogen (secondary N) is 1. The summed E-state index contributed by atoms with van der Waals surface area (Å²) < 4.78 is 9.82. The first-order valence-electron chi connectivity index (χ1n) is 6.33. The van der Waals surface area contributed by atoms with E-state index in [-0.39, 0.29) is 6.61 Å². The van der Waals surface area contributed by atoms with Crippen molar-refractivity contribution in [2.45, 2.75) is 46.1 Å². The molecule has 19 heavy (non-hydrogen) atoms. The number of carbonyl (C=O) groups is 2. The van der Waals surface area contributed by atoms with Crippen molar-refractivity contribution in [1.29, 1.82) is 5.26 Å². The number of rotatable bonds is 6. The van der Waals surface area contributed by atoms with Crippen LogP contribution in [0.2, 0.25) is 0 Å². The predicted octanol–water partition coefficient (Wildman–Crippen LogP) is 1.99. The molecule has 1 atom stereocenters. The molecule has 0 heterocycles. The van der Waals surface area contributed by atoms with E-state index in [2.05, 4.69) is 5.32 Å². The van der Waals surface area contributed by atoms with E-state index in [1.807, 2.05) is 6.07 Å². The largest absolute Gasteiger partial charge is 0.465 e. The third kappa shape index (κ3) is 8.89. The Balaban J connectivity index is 3.88. The molecule has 108 valence electrons. The zero-order valence-electron chi connectivity index (χ0n) is 12.0. The number of carbonyl (C=O) groups excluding carboxylic acids is 2. The number of alkyl carbamates (subject to hydrolysis) is 1. The van der Waals surface area contributed by atoms with Gasteiger partial charge in [0.15, 0.2) is 0 Å². The molecule has 1 unspecified atom stereocenters. The number of hydrogen-bond donors (Lipinski definition) is 1. The topological polar surface area (TPSA) is 88.4 Å². The normalized spacial score (nSPS) is 12.2. The van der Waals surface area contributed by atoms with Crippen LogP contribution in [0.4, 0.5) is 4.79 Å². The van der Waals surface area contributed by atoms with E-state index in [1.165, 1.54) is 0 Å². The van der Waals surface area contributed by atoms with Crippen LogP contribution in [0.5, 0.6) is 0 Å². The zero-order valence-corrected chi connectivity index (χ0v) is 12.0. The van der Waals surface area contributed by atoms with Crippen LogP contribution in [0.15, 0.2) is 0 Å². The highest BCUT2D eigenvalue weighted by Crippen LogP contribution is 2.08. The average molecular weight is 270 g/mol. The number of esters is 1. The van der Waals surface area contributed by atoms with Gasteiger partial charge in [0.25, 0.3) is 0 Å². The number of nitrogens with zero attached hydrogens (tertiary/aromatic N) is 1. The molecule has 1 N–H and O–H groups in total. The maximum Gasteiger partial charge on any atom is 0.407 e. The van der Waals surface area contributed by atoms with Crippen molar-refractivity contribution in [3.05, 3.63) is 0 Å². The van der Waals surface area contributed by atoms with Crippen molar-refractivity contribution in [2.24, 2.45) is 5.92 Å². The highest BCUT2D eigenvalue weighted by atomic mass is 16.6. The Morgan fingerprint density at radius 1 is 1.37 bits per heavy atom. The SMILES string of the molecule is CCOC(=O)C(C#N)CCCNC(=O)OC(C)(C)C. The molecular weight excluding hydrogens is 248 g/mol. The molecule has 0 saturated carbocycles. The lowest BCUT2D eigenvalue weighted by Crippen LogP contribution is -2.33. The second kappa shape index (κ2) is 8.35. The summed E-state index contributed by atoms with van der Waals surface area (Å²) in [6.07, 6.45) is 0.360. The first-order valence-corrected chi connectivity index (χ1v) is 6.33. The Kier molecular flexibility index (Phi) is 7.57. The second-order valence-corrected chi connectivity index (χ2v) is 5.00. The molecule has 0 aliphatic carbocycles. The Morgan fingerprint density at radius 3 is 2.47 bits per heavy atom. The van der Waals surface area contributed by atoms with Crippen LogP contribution < -0.4 is 5.32 Å². The van der Waals surface area contributed by atoms with Crippen molar-refractivity contribution in [3.63, 3.8) is 0 Å². The lowest BCUT2D eigenvalue weighted by atomic mass is 10.1. The molecule has 0 aliphatic rings. The van der Waals surface area contributed by atoms with Crippen LogP contribution in [0.1, 0.15) is 40.5 Å². The summed E-state index contributed by atoms with van der Waals surface area (Å²) in [5.74, 6) is -1.29. The molecule has 0 fully saturated rings. The van der Waals surface area contributed by atoms with Gasteiger partial charge in [-0.1, -0.05) is 0 Å². The van der Waals surface area contributed by atoms with Gasteiger partial charge in [0, 0.05) is 6.54 Å². The summed E-state index contributed by atoms with van der Waals surface area (Å²) >= 11 is 0. The van der Waals surface area contributed by atoms with E-state index in [0.717, 1.165) is 0 Å². The molecule has 0 saturated heterocycles. The molecule has 0 bridgehead atoms. The average Bonchev–Trinajstić information content (AvgIpc) is 2.27. The van der Waals surface area contributed by atoms with Gasteiger partial charge in [-0.2, -0.15) is 5.26 Å². The number of hydrogen-bond acceptors (Lipinski definition) is 5. The maximum absolute atomic E-state index is 11.3. The highest BCUT2D eigenvalue weighted by Gasteiger charge is 2.19. The van der Waals surface area contributed by atoms with E-state index in [9.17, 15) is 9.59 Å². The molecule has 0 rings (SSSR count). The maximum atomic E-state index is 11.3. The molecule has 1 amide bonds. The summed E-state index contributed by atoms with van der Waals surface area (Å²) in [4.78, 5) is 22.7. The van der Waals surface area contributed by atoms with Crippen LogP contribution in [0.3, 0.4) is 0 Å². The van der Waals surface area contributed by atoms with Gasteiger partial charge in [0.1, 0.15) is 11.5 Å². The van der Waals surface area contributed by atoms with Crippen molar-refractivity contribution in [1.82, 2.24) is 5.32 Å². The van der Waals surface area contributed by atoms with Crippen LogP contribution in [0, 0.1) is 17.2 Å². The quantitative estimate of drug-likeness (QED) is 0.589. The van der Waals surface area contributed by atoms with Crippen LogP contribution >= 0.6 is 0 Å². The molecule has 0 aromatic heterocycles. The molecule has 0 aromatic carbocycles. The van der Waals surface area contributed by atoms with Gasteiger partial charge in [-0.25, -0.2) is 4.79 Å².